The van der Waals surface area contributed by atoms with Crippen LogP contribution in [-0.4, -0.2) is 12.2 Å². The second-order valence-electron chi connectivity index (χ2n) is 5.37. The van der Waals surface area contributed by atoms with Gasteiger partial charge < -0.3 is 9.84 Å². The van der Waals surface area contributed by atoms with E-state index in [1.807, 2.05) is 18.2 Å². The lowest BCUT2D eigenvalue weighted by atomic mass is 9.78. The number of aliphatic hydroxyl groups is 1. The molecule has 3 heteroatoms. The van der Waals surface area contributed by atoms with Crippen LogP contribution >= 0.6 is 15.9 Å². The van der Waals surface area contributed by atoms with Gasteiger partial charge in [0, 0.05) is 0 Å². The summed E-state index contributed by atoms with van der Waals surface area (Å²) in [6.45, 7) is 2.28. The molecule has 100 valence electrons. The van der Waals surface area contributed by atoms with Crippen molar-refractivity contribution in [2.75, 3.05) is 7.11 Å². The highest BCUT2D eigenvalue weighted by Gasteiger charge is 2.26. The van der Waals surface area contributed by atoms with Gasteiger partial charge in [0.15, 0.2) is 0 Å². The van der Waals surface area contributed by atoms with Crippen LogP contribution in [0, 0.1) is 11.8 Å². The summed E-state index contributed by atoms with van der Waals surface area (Å²) in [6, 6.07) is 5.85. The summed E-state index contributed by atoms with van der Waals surface area (Å²) in [5, 5.41) is 10.5. The van der Waals surface area contributed by atoms with Crippen LogP contribution in [0.25, 0.3) is 0 Å². The minimum absolute atomic E-state index is 0.352. The van der Waals surface area contributed by atoms with Crippen LogP contribution in [-0.2, 0) is 0 Å². The number of hydrogen-bond acceptors (Lipinski definition) is 2. The van der Waals surface area contributed by atoms with Gasteiger partial charge in [0.25, 0.3) is 0 Å². The smallest absolute Gasteiger partial charge is 0.133 e. The van der Waals surface area contributed by atoms with Crippen molar-refractivity contribution in [3.05, 3.63) is 28.2 Å². The zero-order chi connectivity index (χ0) is 13.1. The highest BCUT2D eigenvalue weighted by atomic mass is 79.9. The molecule has 1 N–H and O–H groups in total. The molecule has 2 rings (SSSR count). The maximum Gasteiger partial charge on any atom is 0.133 e. The minimum atomic E-state index is -0.352. The van der Waals surface area contributed by atoms with Gasteiger partial charge >= 0.3 is 0 Å². The second-order valence-corrected chi connectivity index (χ2v) is 6.23. The molecule has 1 aromatic carbocycles. The Balaban J connectivity index is 2.12. The Morgan fingerprint density at radius 2 is 2.17 bits per heavy atom. The zero-order valence-corrected chi connectivity index (χ0v) is 12.6. The van der Waals surface area contributed by atoms with E-state index in [2.05, 4.69) is 22.9 Å². The molecule has 0 spiro atoms. The quantitative estimate of drug-likeness (QED) is 0.900. The molecule has 0 saturated heterocycles. The van der Waals surface area contributed by atoms with E-state index >= 15 is 0 Å². The SMILES string of the molecule is COc1ccc(C(O)C2CCCC(C)C2)cc1Br. The highest BCUT2D eigenvalue weighted by molar-refractivity contribution is 9.10. The van der Waals surface area contributed by atoms with Crippen LogP contribution in [0.5, 0.6) is 5.75 Å². The first-order valence-electron chi connectivity index (χ1n) is 6.63. The fourth-order valence-corrected chi connectivity index (χ4v) is 3.46. The Labute approximate surface area is 117 Å². The van der Waals surface area contributed by atoms with Gasteiger partial charge in [-0.2, -0.15) is 0 Å². The van der Waals surface area contributed by atoms with Gasteiger partial charge in [-0.25, -0.2) is 0 Å². The molecule has 0 aromatic heterocycles. The normalized spacial score (nSPS) is 25.8. The van der Waals surface area contributed by atoms with Crippen LogP contribution in [0.15, 0.2) is 22.7 Å². The van der Waals surface area contributed by atoms with E-state index in [1.54, 1.807) is 7.11 Å². The molecule has 0 radical (unpaired) electrons. The van der Waals surface area contributed by atoms with E-state index in [-0.39, 0.29) is 6.10 Å². The molecule has 0 aliphatic heterocycles. The zero-order valence-electron chi connectivity index (χ0n) is 11.0. The summed E-state index contributed by atoms with van der Waals surface area (Å²) < 4.78 is 6.12. The standard InChI is InChI=1S/C15H21BrO2/c1-10-4-3-5-11(8-10)15(17)12-6-7-14(18-2)13(16)9-12/h6-7,9-11,15,17H,3-5,8H2,1-2H3. The Bertz CT molecular complexity index is 405. The van der Waals surface area contributed by atoms with E-state index in [0.29, 0.717) is 5.92 Å². The van der Waals surface area contributed by atoms with E-state index in [0.717, 1.165) is 34.5 Å². The molecule has 0 bridgehead atoms. The molecule has 1 aliphatic carbocycles. The third-order valence-electron chi connectivity index (χ3n) is 3.94. The topological polar surface area (TPSA) is 29.5 Å². The molecular formula is C15H21BrO2. The van der Waals surface area contributed by atoms with Crippen molar-refractivity contribution in [2.45, 2.75) is 38.7 Å². The maximum atomic E-state index is 10.5. The molecular weight excluding hydrogens is 292 g/mol. The molecule has 3 unspecified atom stereocenters. The lowest BCUT2D eigenvalue weighted by Gasteiger charge is -2.30. The fraction of sp³-hybridized carbons (Fsp3) is 0.600. The van der Waals surface area contributed by atoms with Crippen molar-refractivity contribution in [3.63, 3.8) is 0 Å². The van der Waals surface area contributed by atoms with Gasteiger partial charge in [-0.3, -0.25) is 0 Å². The summed E-state index contributed by atoms with van der Waals surface area (Å²) in [6.07, 6.45) is 4.45. The second kappa shape index (κ2) is 6.07. The third kappa shape index (κ3) is 3.07. The van der Waals surface area contributed by atoms with E-state index in [1.165, 1.54) is 12.8 Å². The third-order valence-corrected chi connectivity index (χ3v) is 4.56. The summed E-state index contributed by atoms with van der Waals surface area (Å²) >= 11 is 3.48. The molecule has 18 heavy (non-hydrogen) atoms. The van der Waals surface area contributed by atoms with E-state index < -0.39 is 0 Å². The lowest BCUT2D eigenvalue weighted by molar-refractivity contribution is 0.0713. The predicted molar refractivity (Wildman–Crippen MR) is 76.8 cm³/mol. The van der Waals surface area contributed by atoms with Crippen molar-refractivity contribution in [3.8, 4) is 5.75 Å². The van der Waals surface area contributed by atoms with E-state index in [9.17, 15) is 5.11 Å². The highest BCUT2D eigenvalue weighted by Crippen LogP contribution is 2.38. The lowest BCUT2D eigenvalue weighted by Crippen LogP contribution is -2.20. The molecule has 0 heterocycles. The average molecular weight is 313 g/mol. The minimum Gasteiger partial charge on any atom is -0.496 e. The Morgan fingerprint density at radius 3 is 2.78 bits per heavy atom. The number of aliphatic hydroxyl groups excluding tert-OH is 1. The molecule has 2 nitrogen and oxygen atoms in total. The summed E-state index contributed by atoms with van der Waals surface area (Å²) in [5.74, 6) is 1.94. The largest absolute Gasteiger partial charge is 0.496 e. The summed E-state index contributed by atoms with van der Waals surface area (Å²) in [5.41, 5.74) is 0.988. The van der Waals surface area contributed by atoms with Crippen molar-refractivity contribution in [2.24, 2.45) is 11.8 Å². The molecule has 3 atom stereocenters. The van der Waals surface area contributed by atoms with Crippen LogP contribution < -0.4 is 4.74 Å². The van der Waals surface area contributed by atoms with Crippen molar-refractivity contribution >= 4 is 15.9 Å². The first kappa shape index (κ1) is 13.9. The number of hydrogen-bond donors (Lipinski definition) is 1. The van der Waals surface area contributed by atoms with Crippen LogP contribution in [0.1, 0.15) is 44.3 Å². The summed E-state index contributed by atoms with van der Waals surface area (Å²) in [4.78, 5) is 0. The van der Waals surface area contributed by atoms with Gasteiger partial charge in [0.1, 0.15) is 5.75 Å². The van der Waals surface area contributed by atoms with Crippen LogP contribution in [0.4, 0.5) is 0 Å². The van der Waals surface area contributed by atoms with Crippen LogP contribution in [0.3, 0.4) is 0 Å². The Morgan fingerprint density at radius 1 is 1.39 bits per heavy atom. The first-order chi connectivity index (χ1) is 8.61. The molecule has 1 fully saturated rings. The fourth-order valence-electron chi connectivity index (χ4n) is 2.91. The number of halogens is 1. The number of methoxy groups -OCH3 is 1. The van der Waals surface area contributed by atoms with Gasteiger partial charge in [0.2, 0.25) is 0 Å². The number of benzene rings is 1. The van der Waals surface area contributed by atoms with Gasteiger partial charge in [0.05, 0.1) is 17.7 Å². The monoisotopic (exact) mass is 312 g/mol. The molecule has 1 aliphatic rings. The maximum absolute atomic E-state index is 10.5. The van der Waals surface area contributed by atoms with Gasteiger partial charge in [-0.15, -0.1) is 0 Å². The molecule has 1 aromatic rings. The van der Waals surface area contributed by atoms with Crippen molar-refractivity contribution in [1.29, 1.82) is 0 Å². The number of rotatable bonds is 3. The van der Waals surface area contributed by atoms with Gasteiger partial charge in [-0.05, 0) is 58.3 Å². The van der Waals surface area contributed by atoms with Crippen LogP contribution in [0.2, 0.25) is 0 Å². The first-order valence-corrected chi connectivity index (χ1v) is 7.42. The van der Waals surface area contributed by atoms with Gasteiger partial charge in [-0.1, -0.05) is 25.8 Å². The van der Waals surface area contributed by atoms with Crippen molar-refractivity contribution < 1.29 is 9.84 Å². The molecule has 0 amide bonds. The average Bonchev–Trinajstić information content (AvgIpc) is 2.37. The Hall–Kier alpha value is -0.540. The molecule has 1 saturated carbocycles. The summed E-state index contributed by atoms with van der Waals surface area (Å²) in [7, 11) is 1.65. The number of ether oxygens (including phenoxy) is 1. The van der Waals surface area contributed by atoms with Crippen molar-refractivity contribution in [1.82, 2.24) is 0 Å². The Kier molecular flexibility index (Phi) is 4.68. The van der Waals surface area contributed by atoms with E-state index in [4.69, 9.17) is 4.74 Å². The predicted octanol–water partition coefficient (Wildman–Crippen LogP) is 4.32.